The number of amides is 2. The molecule has 0 aliphatic carbocycles. The van der Waals surface area contributed by atoms with Crippen molar-refractivity contribution in [2.75, 3.05) is 0 Å². The molecule has 2 amide bonds. The Morgan fingerprint density at radius 1 is 1.13 bits per heavy atom. The van der Waals surface area contributed by atoms with Crippen LogP contribution in [0.4, 0.5) is 4.39 Å². The average molecular weight is 426 g/mol. The summed E-state index contributed by atoms with van der Waals surface area (Å²) in [6.07, 6.45) is 0. The summed E-state index contributed by atoms with van der Waals surface area (Å²) in [5.74, 6) is -1.34. The van der Waals surface area contributed by atoms with Crippen LogP contribution < -0.4 is 10.1 Å². The average Bonchev–Trinajstić information content (AvgIpc) is 2.95. The topological polar surface area (TPSA) is 63.5 Å². The third-order valence-corrected chi connectivity index (χ3v) is 5.74. The van der Waals surface area contributed by atoms with Crippen molar-refractivity contribution in [3.05, 3.63) is 86.4 Å². The molecule has 0 bridgehead atoms. The van der Waals surface area contributed by atoms with Crippen LogP contribution in [0.2, 0.25) is 0 Å². The van der Waals surface area contributed by atoms with Crippen molar-refractivity contribution in [1.82, 2.24) is 9.88 Å². The summed E-state index contributed by atoms with van der Waals surface area (Å²) in [7, 11) is 0. The van der Waals surface area contributed by atoms with E-state index in [9.17, 15) is 14.0 Å². The van der Waals surface area contributed by atoms with Crippen LogP contribution in [-0.2, 0) is 6.54 Å². The molecule has 2 aromatic carbocycles. The molecule has 0 saturated carbocycles. The zero-order chi connectivity index (χ0) is 21.8. The summed E-state index contributed by atoms with van der Waals surface area (Å²) in [5, 5.41) is 2.88. The van der Waals surface area contributed by atoms with E-state index in [-0.39, 0.29) is 17.5 Å². The Balaban J connectivity index is 1.96. The molecule has 0 aliphatic rings. The second kappa shape index (κ2) is 9.17. The lowest BCUT2D eigenvalue weighted by atomic mass is 10.1. The van der Waals surface area contributed by atoms with Crippen LogP contribution in [0.25, 0.3) is 0 Å². The Hall–Kier alpha value is -3.06. The number of hydrogen-bond acceptors (Lipinski definition) is 3. The number of nitrogens with one attached hydrogen (secondary N) is 1. The minimum atomic E-state index is -0.617. The standard InChI is InChI=1S/C23H24FN3O2S/c1-14(2)25-21(28)18-9-7-8-17(12-18)13-27-15(3)16(4)30-23(27)26-22(29)19-10-5-6-11-20(19)24/h5-12,14H,13H2,1-4H3,(H,25,28). The van der Waals surface area contributed by atoms with Gasteiger partial charge in [0.15, 0.2) is 4.80 Å². The molecule has 156 valence electrons. The molecular formula is C23H24FN3O2S. The van der Waals surface area contributed by atoms with E-state index < -0.39 is 11.7 Å². The highest BCUT2D eigenvalue weighted by Gasteiger charge is 2.14. The van der Waals surface area contributed by atoms with Crippen molar-refractivity contribution in [3.63, 3.8) is 0 Å². The lowest BCUT2D eigenvalue weighted by molar-refractivity contribution is 0.0941. The summed E-state index contributed by atoms with van der Waals surface area (Å²) in [4.78, 5) is 30.6. The smallest absolute Gasteiger partial charge is 0.282 e. The lowest BCUT2D eigenvalue weighted by Crippen LogP contribution is -2.30. The summed E-state index contributed by atoms with van der Waals surface area (Å²) in [5.41, 5.74) is 2.40. The molecule has 0 spiro atoms. The van der Waals surface area contributed by atoms with E-state index in [1.165, 1.54) is 29.5 Å². The first-order chi connectivity index (χ1) is 14.3. The van der Waals surface area contributed by atoms with Crippen LogP contribution in [0.15, 0.2) is 53.5 Å². The van der Waals surface area contributed by atoms with Crippen molar-refractivity contribution in [2.24, 2.45) is 4.99 Å². The fourth-order valence-corrected chi connectivity index (χ4v) is 3.96. The number of carbonyl (C=O) groups is 2. The number of hydrogen-bond donors (Lipinski definition) is 1. The maximum atomic E-state index is 14.0. The first kappa shape index (κ1) is 21.6. The number of rotatable bonds is 5. The molecular weight excluding hydrogens is 401 g/mol. The van der Waals surface area contributed by atoms with Crippen LogP contribution in [0, 0.1) is 19.7 Å². The van der Waals surface area contributed by atoms with Crippen LogP contribution in [-0.4, -0.2) is 22.4 Å². The third-order valence-electron chi connectivity index (χ3n) is 4.64. The normalized spacial score (nSPS) is 11.7. The zero-order valence-corrected chi connectivity index (χ0v) is 18.2. The van der Waals surface area contributed by atoms with Gasteiger partial charge in [-0.05, 0) is 57.5 Å². The van der Waals surface area contributed by atoms with Gasteiger partial charge in [0.2, 0.25) is 0 Å². The molecule has 0 atom stereocenters. The van der Waals surface area contributed by atoms with E-state index in [1.54, 1.807) is 12.1 Å². The zero-order valence-electron chi connectivity index (χ0n) is 17.4. The number of thiazole rings is 1. The first-order valence-corrected chi connectivity index (χ1v) is 10.5. The van der Waals surface area contributed by atoms with Gasteiger partial charge in [-0.1, -0.05) is 24.3 Å². The largest absolute Gasteiger partial charge is 0.350 e. The Bertz CT molecular complexity index is 1160. The highest BCUT2D eigenvalue weighted by molar-refractivity contribution is 7.09. The fourth-order valence-electron chi connectivity index (χ4n) is 2.99. The van der Waals surface area contributed by atoms with Crippen molar-refractivity contribution >= 4 is 23.2 Å². The lowest BCUT2D eigenvalue weighted by Gasteiger charge is -2.11. The van der Waals surface area contributed by atoms with Gasteiger partial charge < -0.3 is 9.88 Å². The minimum Gasteiger partial charge on any atom is -0.350 e. The van der Waals surface area contributed by atoms with E-state index in [0.29, 0.717) is 16.9 Å². The van der Waals surface area contributed by atoms with Gasteiger partial charge in [0.1, 0.15) is 5.82 Å². The van der Waals surface area contributed by atoms with Crippen molar-refractivity contribution in [2.45, 2.75) is 40.3 Å². The Labute approximate surface area is 178 Å². The molecule has 3 rings (SSSR count). The van der Waals surface area contributed by atoms with Gasteiger partial charge >= 0.3 is 0 Å². The molecule has 0 radical (unpaired) electrons. The van der Waals surface area contributed by atoms with Crippen LogP contribution in [0.5, 0.6) is 0 Å². The fraction of sp³-hybridized carbons (Fsp3) is 0.261. The Morgan fingerprint density at radius 2 is 1.87 bits per heavy atom. The van der Waals surface area contributed by atoms with E-state index >= 15 is 0 Å². The highest BCUT2D eigenvalue weighted by Crippen LogP contribution is 2.15. The van der Waals surface area contributed by atoms with Crippen molar-refractivity contribution < 1.29 is 14.0 Å². The Morgan fingerprint density at radius 3 is 2.57 bits per heavy atom. The Kier molecular flexibility index (Phi) is 6.62. The van der Waals surface area contributed by atoms with Gasteiger partial charge in [0.25, 0.3) is 11.8 Å². The van der Waals surface area contributed by atoms with Gasteiger partial charge in [-0.15, -0.1) is 11.3 Å². The molecule has 0 unspecified atom stereocenters. The van der Waals surface area contributed by atoms with Gasteiger partial charge in [-0.3, -0.25) is 9.59 Å². The maximum absolute atomic E-state index is 14.0. The molecule has 7 heteroatoms. The molecule has 1 N–H and O–H groups in total. The predicted octanol–water partition coefficient (Wildman–Crippen LogP) is 4.23. The number of nitrogens with zero attached hydrogens (tertiary/aromatic N) is 2. The quantitative estimate of drug-likeness (QED) is 0.665. The maximum Gasteiger partial charge on any atom is 0.282 e. The molecule has 1 aromatic heterocycles. The summed E-state index contributed by atoms with van der Waals surface area (Å²) >= 11 is 1.38. The SMILES string of the molecule is Cc1sc(=NC(=O)c2ccccc2F)n(Cc2cccc(C(=O)NC(C)C)c2)c1C. The number of carbonyl (C=O) groups excluding carboxylic acids is 2. The second-order valence-corrected chi connectivity index (χ2v) is 8.52. The number of aryl methyl sites for hydroxylation is 1. The summed E-state index contributed by atoms with van der Waals surface area (Å²) in [6, 6.07) is 13.2. The molecule has 0 fully saturated rings. The molecule has 5 nitrogen and oxygen atoms in total. The number of aromatic nitrogens is 1. The van der Waals surface area contributed by atoms with E-state index in [2.05, 4.69) is 10.3 Å². The summed E-state index contributed by atoms with van der Waals surface area (Å²) < 4.78 is 15.9. The van der Waals surface area contributed by atoms with E-state index in [0.717, 1.165) is 16.1 Å². The second-order valence-electron chi connectivity index (χ2n) is 7.34. The van der Waals surface area contributed by atoms with Crippen LogP contribution in [0.1, 0.15) is 50.7 Å². The van der Waals surface area contributed by atoms with Gasteiger partial charge in [0.05, 0.1) is 12.1 Å². The molecule has 30 heavy (non-hydrogen) atoms. The molecule has 0 saturated heterocycles. The molecule has 3 aromatic rings. The third kappa shape index (κ3) is 4.91. The highest BCUT2D eigenvalue weighted by atomic mass is 32.1. The first-order valence-electron chi connectivity index (χ1n) is 9.66. The van der Waals surface area contributed by atoms with Crippen molar-refractivity contribution in [1.29, 1.82) is 0 Å². The van der Waals surface area contributed by atoms with Crippen LogP contribution >= 0.6 is 11.3 Å². The molecule has 1 heterocycles. The molecule has 0 aliphatic heterocycles. The summed E-state index contributed by atoms with van der Waals surface area (Å²) in [6.45, 7) is 8.18. The van der Waals surface area contributed by atoms with Gasteiger partial charge in [-0.25, -0.2) is 4.39 Å². The number of benzene rings is 2. The van der Waals surface area contributed by atoms with E-state index in [1.807, 2.05) is 50.5 Å². The van der Waals surface area contributed by atoms with Gasteiger partial charge in [-0.2, -0.15) is 4.99 Å². The van der Waals surface area contributed by atoms with E-state index in [4.69, 9.17) is 0 Å². The predicted molar refractivity (Wildman–Crippen MR) is 116 cm³/mol. The monoisotopic (exact) mass is 425 g/mol. The minimum absolute atomic E-state index is 0.0482. The van der Waals surface area contributed by atoms with Crippen molar-refractivity contribution in [3.8, 4) is 0 Å². The van der Waals surface area contributed by atoms with Gasteiger partial charge in [0, 0.05) is 22.2 Å². The number of halogens is 1. The van der Waals surface area contributed by atoms with Crippen LogP contribution in [0.3, 0.4) is 0 Å².